The highest BCUT2D eigenvalue weighted by atomic mass is 32.2. The van der Waals surface area contributed by atoms with E-state index in [0.29, 0.717) is 18.4 Å². The molecule has 0 aliphatic heterocycles. The van der Waals surface area contributed by atoms with Gasteiger partial charge in [-0.3, -0.25) is 19.1 Å². The SMILES string of the molecule is CCCCS(=O)(=O)NC(=O)[C@@H](NC(=O)[C@@H](Cc1ccc(-n2cncn2)cc1)N(C)C(=O)c1cc(C)cc(C)c1)C(C)C. The monoisotopic (exact) mass is 596 g/mol. The first-order valence-corrected chi connectivity index (χ1v) is 15.6. The average molecular weight is 597 g/mol. The van der Waals surface area contributed by atoms with Gasteiger partial charge in [0.1, 0.15) is 24.7 Å². The number of rotatable bonds is 13. The van der Waals surface area contributed by atoms with Crippen LogP contribution in [0.5, 0.6) is 0 Å². The predicted molar refractivity (Wildman–Crippen MR) is 160 cm³/mol. The molecule has 1 aromatic heterocycles. The van der Waals surface area contributed by atoms with Crippen LogP contribution in [0.15, 0.2) is 55.1 Å². The first-order valence-electron chi connectivity index (χ1n) is 14.0. The second-order valence-corrected chi connectivity index (χ2v) is 12.7. The summed E-state index contributed by atoms with van der Waals surface area (Å²) >= 11 is 0. The number of benzene rings is 2. The molecule has 0 unspecified atom stereocenters. The number of nitrogens with one attached hydrogen (secondary N) is 2. The molecule has 2 aromatic carbocycles. The van der Waals surface area contributed by atoms with Gasteiger partial charge >= 0.3 is 0 Å². The molecule has 0 saturated heterocycles. The van der Waals surface area contributed by atoms with Crippen molar-refractivity contribution < 1.29 is 22.8 Å². The van der Waals surface area contributed by atoms with E-state index in [9.17, 15) is 22.8 Å². The number of unbranched alkanes of at least 4 members (excludes halogenated alkanes) is 1. The maximum absolute atomic E-state index is 13.8. The Balaban J connectivity index is 1.90. The molecule has 0 fully saturated rings. The fraction of sp³-hybridized carbons (Fsp3) is 0.433. The summed E-state index contributed by atoms with van der Waals surface area (Å²) in [6.07, 6.45) is 4.21. The summed E-state index contributed by atoms with van der Waals surface area (Å²) in [4.78, 5) is 45.8. The molecular weight excluding hydrogens is 556 g/mol. The van der Waals surface area contributed by atoms with E-state index in [1.54, 1.807) is 44.0 Å². The Morgan fingerprint density at radius 1 is 1.00 bits per heavy atom. The molecule has 2 N–H and O–H groups in total. The third kappa shape index (κ3) is 8.72. The molecule has 0 aliphatic carbocycles. The molecule has 3 amide bonds. The van der Waals surface area contributed by atoms with Crippen molar-refractivity contribution in [3.8, 4) is 5.69 Å². The van der Waals surface area contributed by atoms with Crippen molar-refractivity contribution in [1.82, 2.24) is 29.7 Å². The minimum Gasteiger partial charge on any atom is -0.342 e. The Morgan fingerprint density at radius 2 is 1.64 bits per heavy atom. The Kier molecular flexibility index (Phi) is 11.0. The van der Waals surface area contributed by atoms with Gasteiger partial charge in [-0.25, -0.2) is 18.1 Å². The van der Waals surface area contributed by atoms with E-state index in [2.05, 4.69) is 20.1 Å². The Hall–Kier alpha value is -4.06. The fourth-order valence-electron chi connectivity index (χ4n) is 4.58. The minimum absolute atomic E-state index is 0.151. The molecule has 0 aliphatic rings. The van der Waals surface area contributed by atoms with Gasteiger partial charge in [0.25, 0.3) is 11.8 Å². The smallest absolute Gasteiger partial charge is 0.256 e. The van der Waals surface area contributed by atoms with Crippen LogP contribution in [0.3, 0.4) is 0 Å². The standard InChI is InChI=1S/C30H40N6O5S/c1-7-8-13-42(40,41)34-29(38)27(20(2)3)33-28(37)26(35(6)30(39)24-15-21(4)14-22(5)16-24)17-23-9-11-25(12-10-23)36-19-31-18-32-36/h9-12,14-16,18-20,26-27H,7-8,13,17H2,1-6H3,(H,33,37)(H,34,38)/t26-,27+/m1/s1. The van der Waals surface area contributed by atoms with Crippen LogP contribution in [0.2, 0.25) is 0 Å². The first-order chi connectivity index (χ1) is 19.8. The Bertz CT molecular complexity index is 1470. The number of aryl methyl sites for hydroxylation is 2. The van der Waals surface area contributed by atoms with Crippen molar-refractivity contribution in [3.05, 3.63) is 77.4 Å². The largest absolute Gasteiger partial charge is 0.342 e. The molecule has 0 bridgehead atoms. The number of carbonyl (C=O) groups excluding carboxylic acids is 3. The van der Waals surface area contributed by atoms with Crippen molar-refractivity contribution in [2.75, 3.05) is 12.8 Å². The molecule has 3 rings (SSSR count). The van der Waals surface area contributed by atoms with Gasteiger partial charge in [-0.05, 0) is 56.0 Å². The van der Waals surface area contributed by atoms with Crippen molar-refractivity contribution in [1.29, 1.82) is 0 Å². The number of sulfonamides is 1. The van der Waals surface area contributed by atoms with Gasteiger partial charge in [0.05, 0.1) is 11.4 Å². The van der Waals surface area contributed by atoms with Crippen molar-refractivity contribution in [3.63, 3.8) is 0 Å². The van der Waals surface area contributed by atoms with E-state index in [4.69, 9.17) is 0 Å². The Labute approximate surface area is 247 Å². The first kappa shape index (κ1) is 32.5. The molecule has 1 heterocycles. The lowest BCUT2D eigenvalue weighted by Crippen LogP contribution is -2.57. The van der Waals surface area contributed by atoms with Crippen LogP contribution < -0.4 is 10.0 Å². The van der Waals surface area contributed by atoms with Gasteiger partial charge in [-0.2, -0.15) is 5.10 Å². The second kappa shape index (κ2) is 14.2. The van der Waals surface area contributed by atoms with Gasteiger partial charge in [0.2, 0.25) is 15.9 Å². The number of carbonyl (C=O) groups is 3. The van der Waals surface area contributed by atoms with Gasteiger partial charge in [-0.15, -0.1) is 0 Å². The lowest BCUT2D eigenvalue weighted by Gasteiger charge is -2.30. The minimum atomic E-state index is -3.85. The van der Waals surface area contributed by atoms with Crippen LogP contribution in [0, 0.1) is 19.8 Å². The molecule has 226 valence electrons. The van der Waals surface area contributed by atoms with Crippen molar-refractivity contribution in [2.45, 2.75) is 66.0 Å². The number of amides is 3. The van der Waals surface area contributed by atoms with Gasteiger partial charge < -0.3 is 10.2 Å². The molecule has 0 radical (unpaired) electrons. The number of hydrogen-bond donors (Lipinski definition) is 2. The van der Waals surface area contributed by atoms with Crippen molar-refractivity contribution >= 4 is 27.7 Å². The lowest BCUT2D eigenvalue weighted by molar-refractivity contribution is -0.131. The van der Waals surface area contributed by atoms with Gasteiger partial charge in [-0.1, -0.05) is 56.5 Å². The summed E-state index contributed by atoms with van der Waals surface area (Å²) in [5.74, 6) is -2.34. The van der Waals surface area contributed by atoms with Crippen LogP contribution in [-0.4, -0.2) is 70.7 Å². The number of hydrogen-bond acceptors (Lipinski definition) is 7. The summed E-state index contributed by atoms with van der Waals surface area (Å²) < 4.78 is 28.5. The molecule has 3 aromatic rings. The zero-order valence-electron chi connectivity index (χ0n) is 25.0. The fourth-order valence-corrected chi connectivity index (χ4v) is 5.79. The Morgan fingerprint density at radius 3 is 2.19 bits per heavy atom. The molecule has 12 heteroatoms. The summed E-state index contributed by atoms with van der Waals surface area (Å²) in [7, 11) is -2.30. The predicted octanol–water partition coefficient (Wildman–Crippen LogP) is 2.95. The second-order valence-electron chi connectivity index (χ2n) is 10.9. The van der Waals surface area contributed by atoms with Crippen LogP contribution in [-0.2, 0) is 26.0 Å². The van der Waals surface area contributed by atoms with E-state index in [1.807, 2.05) is 51.1 Å². The number of nitrogens with zero attached hydrogens (tertiary/aromatic N) is 4. The maximum atomic E-state index is 13.8. The molecular formula is C30H40N6O5S. The lowest BCUT2D eigenvalue weighted by atomic mass is 9.99. The average Bonchev–Trinajstić information content (AvgIpc) is 3.47. The van der Waals surface area contributed by atoms with E-state index in [-0.39, 0.29) is 18.1 Å². The van der Waals surface area contributed by atoms with E-state index in [1.165, 1.54) is 11.2 Å². The third-order valence-electron chi connectivity index (χ3n) is 6.88. The summed E-state index contributed by atoms with van der Waals surface area (Å²) in [5.41, 5.74) is 3.81. The normalized spacial score (nSPS) is 12.9. The molecule has 2 atom stereocenters. The number of aromatic nitrogens is 3. The topological polar surface area (TPSA) is 143 Å². The van der Waals surface area contributed by atoms with Crippen LogP contribution in [0.25, 0.3) is 5.69 Å². The zero-order valence-corrected chi connectivity index (χ0v) is 25.8. The highest BCUT2D eigenvalue weighted by molar-refractivity contribution is 7.90. The third-order valence-corrected chi connectivity index (χ3v) is 8.22. The summed E-state index contributed by atoms with van der Waals surface area (Å²) in [5, 5.41) is 6.85. The van der Waals surface area contributed by atoms with Crippen LogP contribution in [0.1, 0.15) is 60.7 Å². The molecule has 0 spiro atoms. The highest BCUT2D eigenvalue weighted by Crippen LogP contribution is 2.17. The summed E-state index contributed by atoms with van der Waals surface area (Å²) in [6, 6.07) is 10.7. The van der Waals surface area contributed by atoms with Crippen LogP contribution in [0.4, 0.5) is 0 Å². The zero-order chi connectivity index (χ0) is 31.0. The number of likely N-dealkylation sites (N-methyl/N-ethyl adjacent to an activating group) is 1. The van der Waals surface area contributed by atoms with E-state index >= 15 is 0 Å². The van der Waals surface area contributed by atoms with E-state index in [0.717, 1.165) is 22.4 Å². The van der Waals surface area contributed by atoms with Crippen molar-refractivity contribution in [2.24, 2.45) is 5.92 Å². The van der Waals surface area contributed by atoms with E-state index < -0.39 is 39.8 Å². The van der Waals surface area contributed by atoms with Gasteiger partial charge in [0.15, 0.2) is 0 Å². The van der Waals surface area contributed by atoms with Gasteiger partial charge in [0, 0.05) is 19.0 Å². The maximum Gasteiger partial charge on any atom is 0.256 e. The quantitative estimate of drug-likeness (QED) is 0.309. The molecule has 11 nitrogen and oxygen atoms in total. The summed E-state index contributed by atoms with van der Waals surface area (Å²) in [6.45, 7) is 9.07. The molecule has 42 heavy (non-hydrogen) atoms. The highest BCUT2D eigenvalue weighted by Gasteiger charge is 2.33. The molecule has 0 saturated carbocycles. The van der Waals surface area contributed by atoms with Crippen LogP contribution >= 0.6 is 0 Å².